The molecule has 0 spiro atoms. The van der Waals surface area contributed by atoms with Crippen molar-refractivity contribution in [3.8, 4) is 28.7 Å². The van der Waals surface area contributed by atoms with Crippen molar-refractivity contribution in [1.29, 1.82) is 0 Å². The molecule has 2 amide bonds. The number of fused-ring (bicyclic) bond motifs is 1. The molecular weight excluding hydrogens is 480 g/mol. The van der Waals surface area contributed by atoms with Crippen LogP contribution in [0.5, 0.6) is 28.7 Å². The first kappa shape index (κ1) is 24.0. The predicted octanol–water partition coefficient (Wildman–Crippen LogP) is 2.48. The number of aromatic nitrogens is 2. The van der Waals surface area contributed by atoms with Gasteiger partial charge in [0.15, 0.2) is 23.0 Å². The zero-order chi connectivity index (χ0) is 24.8. The Morgan fingerprint density at radius 2 is 1.74 bits per heavy atom. The van der Waals surface area contributed by atoms with E-state index in [1.165, 1.54) is 33.5 Å². The predicted molar refractivity (Wildman–Crippen MR) is 123 cm³/mol. The molecule has 3 aromatic rings. The SMILES string of the molecule is COc1cc(C(=O)NCc2nnc(SCC(=O)Nc3ccc4c(c3)OCO4)o2)cc(OC)c1OC. The lowest BCUT2D eigenvalue weighted by Crippen LogP contribution is -2.23. The van der Waals surface area contributed by atoms with Gasteiger partial charge in [-0.1, -0.05) is 11.8 Å². The van der Waals surface area contributed by atoms with Gasteiger partial charge in [0.25, 0.3) is 11.1 Å². The van der Waals surface area contributed by atoms with Crippen LogP contribution in [0.25, 0.3) is 0 Å². The number of nitrogens with zero attached hydrogens (tertiary/aromatic N) is 2. The van der Waals surface area contributed by atoms with Crippen LogP contribution in [0.4, 0.5) is 5.69 Å². The van der Waals surface area contributed by atoms with E-state index >= 15 is 0 Å². The topological polar surface area (TPSA) is 143 Å². The summed E-state index contributed by atoms with van der Waals surface area (Å²) in [5, 5.41) is 13.4. The third-order valence-electron chi connectivity index (χ3n) is 4.76. The molecule has 0 saturated heterocycles. The van der Waals surface area contributed by atoms with Crippen LogP contribution in [0.3, 0.4) is 0 Å². The average Bonchev–Trinajstić information content (AvgIpc) is 3.54. The van der Waals surface area contributed by atoms with Gasteiger partial charge < -0.3 is 38.7 Å². The number of rotatable bonds is 10. The van der Waals surface area contributed by atoms with E-state index in [1.807, 2.05) is 0 Å². The lowest BCUT2D eigenvalue weighted by molar-refractivity contribution is -0.113. The van der Waals surface area contributed by atoms with E-state index in [0.29, 0.717) is 40.0 Å². The summed E-state index contributed by atoms with van der Waals surface area (Å²) in [5.74, 6) is 1.87. The van der Waals surface area contributed by atoms with E-state index < -0.39 is 5.91 Å². The zero-order valence-electron chi connectivity index (χ0n) is 19.1. The summed E-state index contributed by atoms with van der Waals surface area (Å²) >= 11 is 1.07. The quantitative estimate of drug-likeness (QED) is 0.395. The molecule has 1 aromatic heterocycles. The number of ether oxygens (including phenoxy) is 5. The van der Waals surface area contributed by atoms with Gasteiger partial charge in [-0.05, 0) is 24.3 Å². The van der Waals surface area contributed by atoms with Gasteiger partial charge in [-0.2, -0.15) is 0 Å². The molecule has 0 saturated carbocycles. The molecule has 2 heterocycles. The van der Waals surface area contributed by atoms with Crippen molar-refractivity contribution >= 4 is 29.3 Å². The molecule has 12 nitrogen and oxygen atoms in total. The lowest BCUT2D eigenvalue weighted by atomic mass is 10.1. The van der Waals surface area contributed by atoms with Gasteiger partial charge in [0.05, 0.1) is 33.6 Å². The molecule has 2 aromatic carbocycles. The van der Waals surface area contributed by atoms with E-state index in [-0.39, 0.29) is 36.1 Å². The van der Waals surface area contributed by atoms with Crippen molar-refractivity contribution in [2.24, 2.45) is 0 Å². The molecule has 0 atom stereocenters. The first-order valence-electron chi connectivity index (χ1n) is 10.2. The van der Waals surface area contributed by atoms with Gasteiger partial charge in [-0.15, -0.1) is 10.2 Å². The summed E-state index contributed by atoms with van der Waals surface area (Å²) < 4.78 is 31.8. The van der Waals surface area contributed by atoms with Gasteiger partial charge in [-0.25, -0.2) is 0 Å². The maximum Gasteiger partial charge on any atom is 0.277 e. The summed E-state index contributed by atoms with van der Waals surface area (Å²) in [6.45, 7) is 0.150. The minimum Gasteiger partial charge on any atom is -0.493 e. The molecule has 0 fully saturated rings. The summed E-state index contributed by atoms with van der Waals surface area (Å²) in [6.07, 6.45) is 0. The number of thioether (sulfide) groups is 1. The Hall–Kier alpha value is -4.13. The first-order valence-corrected chi connectivity index (χ1v) is 11.2. The molecule has 184 valence electrons. The van der Waals surface area contributed by atoms with Gasteiger partial charge in [0.1, 0.15) is 0 Å². The Balaban J connectivity index is 1.28. The molecule has 1 aliphatic heterocycles. The highest BCUT2D eigenvalue weighted by molar-refractivity contribution is 7.99. The van der Waals surface area contributed by atoms with Crippen molar-refractivity contribution < 1.29 is 37.7 Å². The number of carbonyl (C=O) groups excluding carboxylic acids is 2. The second-order valence-electron chi connectivity index (χ2n) is 6.96. The Morgan fingerprint density at radius 1 is 1.00 bits per heavy atom. The van der Waals surface area contributed by atoms with Crippen LogP contribution in [-0.2, 0) is 11.3 Å². The van der Waals surface area contributed by atoms with Gasteiger partial charge in [0, 0.05) is 17.3 Å². The largest absolute Gasteiger partial charge is 0.493 e. The van der Waals surface area contributed by atoms with E-state index in [2.05, 4.69) is 20.8 Å². The number of anilines is 1. The van der Waals surface area contributed by atoms with Crippen molar-refractivity contribution in [3.05, 3.63) is 41.8 Å². The van der Waals surface area contributed by atoms with Crippen molar-refractivity contribution in [1.82, 2.24) is 15.5 Å². The number of nitrogens with one attached hydrogen (secondary N) is 2. The van der Waals surface area contributed by atoms with Gasteiger partial charge >= 0.3 is 0 Å². The number of hydrogen-bond acceptors (Lipinski definition) is 11. The van der Waals surface area contributed by atoms with Crippen molar-refractivity contribution in [2.45, 2.75) is 11.8 Å². The number of amides is 2. The molecule has 1 aliphatic rings. The Kier molecular flexibility index (Phi) is 7.45. The Bertz CT molecular complexity index is 1210. The summed E-state index contributed by atoms with van der Waals surface area (Å²) in [4.78, 5) is 24.8. The number of methoxy groups -OCH3 is 3. The van der Waals surface area contributed by atoms with Crippen LogP contribution in [0, 0.1) is 0 Å². The van der Waals surface area contributed by atoms with Gasteiger partial charge in [-0.3, -0.25) is 9.59 Å². The normalized spacial score (nSPS) is 11.6. The molecule has 35 heavy (non-hydrogen) atoms. The first-order chi connectivity index (χ1) is 17.0. The molecule has 0 bridgehead atoms. The number of benzene rings is 2. The van der Waals surface area contributed by atoms with Crippen molar-refractivity contribution in [2.75, 3.05) is 39.2 Å². The van der Waals surface area contributed by atoms with Crippen LogP contribution in [-0.4, -0.2) is 55.9 Å². The Morgan fingerprint density at radius 3 is 2.46 bits per heavy atom. The Labute approximate surface area is 204 Å². The highest BCUT2D eigenvalue weighted by atomic mass is 32.2. The van der Waals surface area contributed by atoms with Crippen LogP contribution in [0.15, 0.2) is 40.0 Å². The van der Waals surface area contributed by atoms with Crippen LogP contribution in [0.2, 0.25) is 0 Å². The maximum atomic E-state index is 12.6. The minimum atomic E-state index is -0.403. The smallest absolute Gasteiger partial charge is 0.277 e. The maximum absolute atomic E-state index is 12.6. The number of carbonyl (C=O) groups is 2. The summed E-state index contributed by atoms with van der Waals surface area (Å²) in [6, 6.07) is 8.20. The molecule has 4 rings (SSSR count). The van der Waals surface area contributed by atoms with E-state index in [0.717, 1.165) is 11.8 Å². The molecule has 0 aliphatic carbocycles. The van der Waals surface area contributed by atoms with Crippen molar-refractivity contribution in [3.63, 3.8) is 0 Å². The fourth-order valence-corrected chi connectivity index (χ4v) is 3.72. The fraction of sp³-hybridized carbons (Fsp3) is 0.273. The summed E-state index contributed by atoms with van der Waals surface area (Å²) in [5.41, 5.74) is 0.884. The fourth-order valence-electron chi connectivity index (χ4n) is 3.14. The number of hydrogen-bond donors (Lipinski definition) is 2. The highest BCUT2D eigenvalue weighted by Gasteiger charge is 2.18. The molecular formula is C22H22N4O8S. The second-order valence-corrected chi connectivity index (χ2v) is 7.89. The molecule has 13 heteroatoms. The van der Waals surface area contributed by atoms with Crippen LogP contribution < -0.4 is 34.3 Å². The van der Waals surface area contributed by atoms with E-state index in [9.17, 15) is 9.59 Å². The lowest BCUT2D eigenvalue weighted by Gasteiger charge is -2.13. The minimum absolute atomic E-state index is 0.00749. The zero-order valence-corrected chi connectivity index (χ0v) is 19.9. The van der Waals surface area contributed by atoms with Crippen LogP contribution >= 0.6 is 11.8 Å². The van der Waals surface area contributed by atoms with Gasteiger partial charge in [0.2, 0.25) is 24.3 Å². The average molecular weight is 503 g/mol. The standard InChI is InChI=1S/C22H22N4O8S/c1-29-16-6-12(7-17(30-2)20(16)31-3)21(28)23-9-19-25-26-22(34-19)35-10-18(27)24-13-4-5-14-15(8-13)33-11-32-14/h4-8H,9-11H2,1-3H3,(H,23,28)(H,24,27). The summed E-state index contributed by atoms with van der Waals surface area (Å²) in [7, 11) is 4.41. The third kappa shape index (κ3) is 5.69. The highest BCUT2D eigenvalue weighted by Crippen LogP contribution is 2.38. The van der Waals surface area contributed by atoms with E-state index in [4.69, 9.17) is 28.1 Å². The molecule has 0 unspecified atom stereocenters. The molecule has 0 radical (unpaired) electrons. The monoisotopic (exact) mass is 502 g/mol. The van der Waals surface area contributed by atoms with E-state index in [1.54, 1.807) is 18.2 Å². The molecule has 2 N–H and O–H groups in total. The second kappa shape index (κ2) is 10.9. The van der Waals surface area contributed by atoms with Crippen LogP contribution in [0.1, 0.15) is 16.2 Å². The third-order valence-corrected chi connectivity index (χ3v) is 5.58.